The van der Waals surface area contributed by atoms with Crippen molar-refractivity contribution in [2.75, 3.05) is 16.5 Å². The zero-order valence-corrected chi connectivity index (χ0v) is 35.5. The van der Waals surface area contributed by atoms with Crippen LogP contribution in [0.25, 0.3) is 87.8 Å². The van der Waals surface area contributed by atoms with Crippen molar-refractivity contribution in [3.63, 3.8) is 0 Å². The van der Waals surface area contributed by atoms with Crippen LogP contribution < -0.4 is 14.5 Å². The fourth-order valence-corrected chi connectivity index (χ4v) is 10.6. The molecule has 1 aliphatic rings. The van der Waals surface area contributed by atoms with Crippen LogP contribution in [0.15, 0.2) is 213 Å². The molecule has 0 unspecified atom stereocenters. The maximum absolute atomic E-state index is 6.88. The van der Waals surface area contributed by atoms with E-state index in [-0.39, 0.29) is 0 Å². The Labute approximate surface area is 378 Å². The molecule has 7 heterocycles. The van der Waals surface area contributed by atoms with Crippen molar-refractivity contribution in [3.05, 3.63) is 213 Å². The number of anilines is 4. The van der Waals surface area contributed by atoms with Crippen LogP contribution in [0.3, 0.4) is 0 Å². The van der Waals surface area contributed by atoms with Crippen LogP contribution in [0.1, 0.15) is 0 Å². The molecule has 0 saturated heterocycles. The molecule has 0 fully saturated rings. The highest BCUT2D eigenvalue weighted by Crippen LogP contribution is 2.50. The molecule has 0 aliphatic carbocycles. The first kappa shape index (κ1) is 36.5. The van der Waals surface area contributed by atoms with Gasteiger partial charge in [-0.15, -0.1) is 0 Å². The first-order valence-electron chi connectivity index (χ1n) is 22.2. The molecule has 0 radical (unpaired) electrons. The minimum atomic E-state index is 0.593. The van der Waals surface area contributed by atoms with Gasteiger partial charge in [-0.1, -0.05) is 84.9 Å². The van der Waals surface area contributed by atoms with Gasteiger partial charge in [-0.2, -0.15) is 0 Å². The van der Waals surface area contributed by atoms with Crippen LogP contribution in [0, 0.1) is 0 Å². The van der Waals surface area contributed by atoms with Gasteiger partial charge in [0.2, 0.25) is 0 Å². The summed E-state index contributed by atoms with van der Waals surface area (Å²) in [7, 11) is 0. The summed E-state index contributed by atoms with van der Waals surface area (Å²) in [6, 6.07) is 64.6. The number of pyridine rings is 3. The SMILES string of the molecule is c1cc(Oc2ccc3c4cccc5c4n(c3c2)c2ncccc2c2cccc3c4ccccc4n5c32)cc(N2CN(c3c(-c4ccncc4)cccc3-c3ccncc3)c3ccccc32)c1. The normalized spacial score (nSPS) is 12.7. The quantitative estimate of drug-likeness (QED) is 0.166. The number of nitrogens with zero attached hydrogens (tertiary/aromatic N) is 7. The molecule has 0 bridgehead atoms. The predicted octanol–water partition coefficient (Wildman–Crippen LogP) is 14.5. The Hall–Kier alpha value is -9.01. The third kappa shape index (κ3) is 5.36. The maximum Gasteiger partial charge on any atom is 0.145 e. The van der Waals surface area contributed by atoms with E-state index in [1.54, 1.807) is 0 Å². The Bertz CT molecular complexity index is 4030. The minimum absolute atomic E-state index is 0.593. The van der Waals surface area contributed by atoms with E-state index >= 15 is 0 Å². The van der Waals surface area contributed by atoms with Crippen molar-refractivity contribution in [1.82, 2.24) is 23.8 Å². The van der Waals surface area contributed by atoms with E-state index in [0.717, 1.165) is 100 Å². The van der Waals surface area contributed by atoms with Crippen molar-refractivity contribution in [3.8, 4) is 33.8 Å². The maximum atomic E-state index is 6.88. The molecule has 8 nitrogen and oxygen atoms in total. The van der Waals surface area contributed by atoms with Gasteiger partial charge in [-0.3, -0.25) is 14.4 Å². The van der Waals surface area contributed by atoms with Crippen LogP contribution in [-0.2, 0) is 0 Å². The third-order valence-corrected chi connectivity index (χ3v) is 13.4. The summed E-state index contributed by atoms with van der Waals surface area (Å²) in [5, 5.41) is 6.98. The lowest BCUT2D eigenvalue weighted by molar-refractivity contribution is 0.483. The molecule has 0 amide bonds. The van der Waals surface area contributed by atoms with Crippen LogP contribution in [0.5, 0.6) is 11.5 Å². The van der Waals surface area contributed by atoms with Crippen LogP contribution in [0.2, 0.25) is 0 Å². The predicted molar refractivity (Wildman–Crippen MR) is 269 cm³/mol. The lowest BCUT2D eigenvalue weighted by Crippen LogP contribution is -2.25. The fraction of sp³-hybridized carbons (Fsp3) is 0.0172. The largest absolute Gasteiger partial charge is 0.457 e. The zero-order valence-electron chi connectivity index (χ0n) is 35.5. The number of aromatic nitrogens is 5. The second-order valence-electron chi connectivity index (χ2n) is 16.9. The van der Waals surface area contributed by atoms with Gasteiger partial charge in [0.1, 0.15) is 23.8 Å². The second kappa shape index (κ2) is 14.3. The number of para-hydroxylation sites is 6. The molecule has 7 aromatic carbocycles. The summed E-state index contributed by atoms with van der Waals surface area (Å²) < 4.78 is 11.7. The summed E-state index contributed by atoms with van der Waals surface area (Å²) in [6.45, 7) is 0.593. The number of ether oxygens (including phenoxy) is 1. The summed E-state index contributed by atoms with van der Waals surface area (Å²) in [5.41, 5.74) is 15.4. The average molecular weight is 848 g/mol. The Balaban J connectivity index is 0.907. The van der Waals surface area contributed by atoms with E-state index in [4.69, 9.17) is 9.72 Å². The molecule has 8 heteroatoms. The van der Waals surface area contributed by atoms with Crippen molar-refractivity contribution < 1.29 is 4.74 Å². The summed E-state index contributed by atoms with van der Waals surface area (Å²) in [6.07, 6.45) is 9.33. The molecule has 0 saturated carbocycles. The van der Waals surface area contributed by atoms with Gasteiger partial charge in [0.05, 0.1) is 44.6 Å². The topological polar surface area (TPSA) is 63.2 Å². The van der Waals surface area contributed by atoms with E-state index in [1.807, 2.05) is 43.1 Å². The number of hydrogen-bond acceptors (Lipinski definition) is 6. The second-order valence-corrected chi connectivity index (χ2v) is 16.9. The molecule has 0 atom stereocenters. The summed E-state index contributed by atoms with van der Waals surface area (Å²) in [5.74, 6) is 1.49. The van der Waals surface area contributed by atoms with Gasteiger partial charge in [0, 0.05) is 92.2 Å². The standard InChI is InChI=1S/C58H37N7O/c1-2-19-50-44(12-1)46-15-7-16-48-49-18-9-29-61-58(49)65-54-35-41(23-24-45(54)47-17-8-22-53(57(47)65)64(50)56(46)48)66-40-11-5-10-39(34-40)62-36-63(52-21-4-3-20-51(52)62)55-42(37-25-30-59-31-26-37)13-6-14-43(55)38-27-32-60-33-28-38/h1-35H,36H2. The Kier molecular flexibility index (Phi) is 7.88. The molecule has 0 N–H and O–H groups in total. The summed E-state index contributed by atoms with van der Waals surface area (Å²) in [4.78, 5) is 18.6. The zero-order chi connectivity index (χ0) is 43.3. The molecular weight excluding hydrogens is 811 g/mol. The highest BCUT2D eigenvalue weighted by atomic mass is 16.5. The highest BCUT2D eigenvalue weighted by Gasteiger charge is 2.31. The van der Waals surface area contributed by atoms with E-state index < -0.39 is 0 Å². The molecule has 14 rings (SSSR count). The van der Waals surface area contributed by atoms with Crippen molar-refractivity contribution in [1.29, 1.82) is 0 Å². The van der Waals surface area contributed by atoms with E-state index in [2.05, 4.69) is 198 Å². The third-order valence-electron chi connectivity index (χ3n) is 13.4. The fourth-order valence-electron chi connectivity index (χ4n) is 10.6. The van der Waals surface area contributed by atoms with Gasteiger partial charge in [-0.05, 0) is 96.1 Å². The molecule has 66 heavy (non-hydrogen) atoms. The monoisotopic (exact) mass is 847 g/mol. The smallest absolute Gasteiger partial charge is 0.145 e. The van der Waals surface area contributed by atoms with Crippen molar-refractivity contribution in [2.45, 2.75) is 0 Å². The molecule has 0 spiro atoms. The highest BCUT2D eigenvalue weighted by molar-refractivity contribution is 6.23. The number of rotatable bonds is 6. The minimum Gasteiger partial charge on any atom is -0.457 e. The number of hydrogen-bond donors (Lipinski definition) is 0. The van der Waals surface area contributed by atoms with Gasteiger partial charge < -0.3 is 18.9 Å². The Morgan fingerprint density at radius 2 is 0.985 bits per heavy atom. The number of benzene rings is 7. The Morgan fingerprint density at radius 3 is 1.77 bits per heavy atom. The molecule has 13 aromatic rings. The molecule has 1 aliphatic heterocycles. The first-order valence-corrected chi connectivity index (χ1v) is 22.2. The number of fused-ring (bicyclic) bond motifs is 11. The lowest BCUT2D eigenvalue weighted by atomic mass is 9.96. The van der Waals surface area contributed by atoms with E-state index in [0.29, 0.717) is 6.67 Å². The molecular formula is C58H37N7O. The van der Waals surface area contributed by atoms with Crippen LogP contribution in [-0.4, -0.2) is 30.4 Å². The summed E-state index contributed by atoms with van der Waals surface area (Å²) >= 11 is 0. The first-order chi connectivity index (χ1) is 32.8. The van der Waals surface area contributed by atoms with Crippen molar-refractivity contribution in [2.24, 2.45) is 0 Å². The van der Waals surface area contributed by atoms with E-state index in [1.165, 1.54) is 21.8 Å². The average Bonchev–Trinajstić information content (AvgIpc) is 4.04. The van der Waals surface area contributed by atoms with Gasteiger partial charge in [0.15, 0.2) is 0 Å². The Morgan fingerprint density at radius 1 is 0.394 bits per heavy atom. The van der Waals surface area contributed by atoms with E-state index in [9.17, 15) is 0 Å². The molecule has 6 aromatic heterocycles. The molecule has 310 valence electrons. The van der Waals surface area contributed by atoms with Gasteiger partial charge in [0.25, 0.3) is 0 Å². The van der Waals surface area contributed by atoms with Gasteiger partial charge in [-0.25, -0.2) is 4.98 Å². The van der Waals surface area contributed by atoms with Crippen LogP contribution >= 0.6 is 0 Å². The lowest BCUT2D eigenvalue weighted by Gasteiger charge is -2.27. The van der Waals surface area contributed by atoms with Gasteiger partial charge >= 0.3 is 0 Å². The van der Waals surface area contributed by atoms with Crippen molar-refractivity contribution >= 4 is 88.3 Å². The van der Waals surface area contributed by atoms with Crippen LogP contribution in [0.4, 0.5) is 22.7 Å².